The minimum Gasteiger partial charge on any atom is -0.491 e. The van der Waals surface area contributed by atoms with Crippen LogP contribution < -0.4 is 4.74 Å². The number of para-hydroxylation sites is 1. The van der Waals surface area contributed by atoms with E-state index in [1.54, 1.807) is 18.2 Å². The van der Waals surface area contributed by atoms with E-state index in [9.17, 15) is 4.39 Å². The van der Waals surface area contributed by atoms with E-state index in [0.29, 0.717) is 12.4 Å². The standard InChI is InChI=1S/C14H22FNO/c1-3-16(4-2)11-7-8-12-17-14-10-6-5-9-13(14)15/h5-6,9-10H,3-4,7-8,11-12H2,1-2H3. The second kappa shape index (κ2) is 8.07. The normalized spacial score (nSPS) is 10.8. The molecule has 1 rings (SSSR count). The number of rotatable bonds is 8. The minimum absolute atomic E-state index is 0.281. The molecule has 0 spiro atoms. The van der Waals surface area contributed by atoms with E-state index in [0.717, 1.165) is 32.5 Å². The second-order valence-corrected chi connectivity index (χ2v) is 4.01. The maximum atomic E-state index is 13.2. The van der Waals surface area contributed by atoms with Gasteiger partial charge in [0.05, 0.1) is 6.61 Å². The van der Waals surface area contributed by atoms with Crippen molar-refractivity contribution in [1.82, 2.24) is 4.90 Å². The SMILES string of the molecule is CCN(CC)CCCCOc1ccccc1F. The second-order valence-electron chi connectivity index (χ2n) is 4.01. The molecule has 1 aromatic rings. The Kier molecular flexibility index (Phi) is 6.63. The molecule has 0 amide bonds. The first-order chi connectivity index (χ1) is 8.27. The third-order valence-electron chi connectivity index (χ3n) is 2.86. The molecule has 0 unspecified atom stereocenters. The molecule has 0 atom stereocenters. The third kappa shape index (κ3) is 5.18. The lowest BCUT2D eigenvalue weighted by molar-refractivity contribution is 0.260. The minimum atomic E-state index is -0.281. The monoisotopic (exact) mass is 239 g/mol. The summed E-state index contributed by atoms with van der Waals surface area (Å²) < 4.78 is 18.6. The smallest absolute Gasteiger partial charge is 0.165 e. The van der Waals surface area contributed by atoms with E-state index in [1.165, 1.54) is 6.07 Å². The first kappa shape index (κ1) is 14.0. The molecular weight excluding hydrogens is 217 g/mol. The van der Waals surface area contributed by atoms with Gasteiger partial charge in [0, 0.05) is 0 Å². The Morgan fingerprint density at radius 1 is 1.12 bits per heavy atom. The summed E-state index contributed by atoms with van der Waals surface area (Å²) in [7, 11) is 0. The Bertz CT molecular complexity index is 313. The van der Waals surface area contributed by atoms with Gasteiger partial charge in [0.15, 0.2) is 11.6 Å². The van der Waals surface area contributed by atoms with Crippen molar-refractivity contribution in [2.75, 3.05) is 26.2 Å². The summed E-state index contributed by atoms with van der Waals surface area (Å²) in [6.45, 7) is 8.18. The van der Waals surface area contributed by atoms with Crippen molar-refractivity contribution in [2.24, 2.45) is 0 Å². The van der Waals surface area contributed by atoms with E-state index in [-0.39, 0.29) is 5.82 Å². The topological polar surface area (TPSA) is 12.5 Å². The van der Waals surface area contributed by atoms with E-state index >= 15 is 0 Å². The van der Waals surface area contributed by atoms with Crippen LogP contribution in [0.3, 0.4) is 0 Å². The van der Waals surface area contributed by atoms with Crippen molar-refractivity contribution in [2.45, 2.75) is 26.7 Å². The number of hydrogen-bond acceptors (Lipinski definition) is 2. The maximum absolute atomic E-state index is 13.2. The molecule has 0 aliphatic heterocycles. The van der Waals surface area contributed by atoms with E-state index in [1.807, 2.05) is 0 Å². The van der Waals surface area contributed by atoms with Gasteiger partial charge in [-0.05, 0) is 44.6 Å². The van der Waals surface area contributed by atoms with Gasteiger partial charge in [0.1, 0.15) is 0 Å². The molecule has 0 fully saturated rings. The molecule has 0 aliphatic carbocycles. The molecule has 0 N–H and O–H groups in total. The van der Waals surface area contributed by atoms with Crippen LogP contribution in [-0.2, 0) is 0 Å². The number of benzene rings is 1. The van der Waals surface area contributed by atoms with Crippen LogP contribution in [0.2, 0.25) is 0 Å². The lowest BCUT2D eigenvalue weighted by atomic mass is 10.3. The van der Waals surface area contributed by atoms with Crippen LogP contribution in [0.25, 0.3) is 0 Å². The summed E-state index contributed by atoms with van der Waals surface area (Å²) in [6.07, 6.45) is 2.06. The molecule has 2 nitrogen and oxygen atoms in total. The van der Waals surface area contributed by atoms with Gasteiger partial charge in [0.2, 0.25) is 0 Å². The van der Waals surface area contributed by atoms with Crippen molar-refractivity contribution in [3.63, 3.8) is 0 Å². The van der Waals surface area contributed by atoms with Crippen LogP contribution in [0.4, 0.5) is 4.39 Å². The number of halogens is 1. The van der Waals surface area contributed by atoms with Gasteiger partial charge in [-0.15, -0.1) is 0 Å². The predicted octanol–water partition coefficient (Wildman–Crippen LogP) is 3.33. The fourth-order valence-corrected chi connectivity index (χ4v) is 1.72. The Morgan fingerprint density at radius 2 is 1.82 bits per heavy atom. The largest absolute Gasteiger partial charge is 0.491 e. The zero-order valence-corrected chi connectivity index (χ0v) is 10.8. The molecule has 17 heavy (non-hydrogen) atoms. The molecule has 0 radical (unpaired) electrons. The summed E-state index contributed by atoms with van der Waals surface area (Å²) in [5.41, 5.74) is 0. The third-order valence-corrected chi connectivity index (χ3v) is 2.86. The van der Waals surface area contributed by atoms with Gasteiger partial charge in [-0.1, -0.05) is 26.0 Å². The molecule has 3 heteroatoms. The molecule has 0 aromatic heterocycles. The zero-order chi connectivity index (χ0) is 12.5. The molecule has 0 heterocycles. The molecule has 0 saturated heterocycles. The van der Waals surface area contributed by atoms with Crippen LogP contribution in [0.1, 0.15) is 26.7 Å². The lowest BCUT2D eigenvalue weighted by Crippen LogP contribution is -2.24. The fourth-order valence-electron chi connectivity index (χ4n) is 1.72. The molecule has 0 saturated carbocycles. The van der Waals surface area contributed by atoms with Crippen LogP contribution in [0, 0.1) is 5.82 Å². The van der Waals surface area contributed by atoms with Crippen molar-refractivity contribution >= 4 is 0 Å². The highest BCUT2D eigenvalue weighted by molar-refractivity contribution is 5.23. The molecular formula is C14H22FNO. The van der Waals surface area contributed by atoms with Gasteiger partial charge in [0.25, 0.3) is 0 Å². The van der Waals surface area contributed by atoms with Crippen molar-refractivity contribution < 1.29 is 9.13 Å². The first-order valence-corrected chi connectivity index (χ1v) is 6.37. The number of hydrogen-bond donors (Lipinski definition) is 0. The summed E-state index contributed by atoms with van der Waals surface area (Å²) in [5.74, 6) is 0.0755. The highest BCUT2D eigenvalue weighted by atomic mass is 19.1. The van der Waals surface area contributed by atoms with Gasteiger partial charge in [-0.25, -0.2) is 4.39 Å². The fraction of sp³-hybridized carbons (Fsp3) is 0.571. The Balaban J connectivity index is 2.14. The zero-order valence-electron chi connectivity index (χ0n) is 10.8. The average Bonchev–Trinajstić information content (AvgIpc) is 2.36. The van der Waals surface area contributed by atoms with Gasteiger partial charge in [-0.2, -0.15) is 0 Å². The Morgan fingerprint density at radius 3 is 2.47 bits per heavy atom. The summed E-state index contributed by atoms with van der Waals surface area (Å²) in [4.78, 5) is 2.38. The Labute approximate surface area is 103 Å². The van der Waals surface area contributed by atoms with Gasteiger partial charge >= 0.3 is 0 Å². The molecule has 96 valence electrons. The average molecular weight is 239 g/mol. The highest BCUT2D eigenvalue weighted by Crippen LogP contribution is 2.15. The van der Waals surface area contributed by atoms with Crippen LogP contribution in [0.15, 0.2) is 24.3 Å². The van der Waals surface area contributed by atoms with Gasteiger partial charge in [-0.3, -0.25) is 0 Å². The molecule has 1 aromatic carbocycles. The summed E-state index contributed by atoms with van der Waals surface area (Å²) in [6, 6.07) is 6.54. The number of ether oxygens (including phenoxy) is 1. The highest BCUT2D eigenvalue weighted by Gasteiger charge is 2.01. The first-order valence-electron chi connectivity index (χ1n) is 6.37. The van der Waals surface area contributed by atoms with E-state index in [4.69, 9.17) is 4.74 Å². The van der Waals surface area contributed by atoms with Crippen molar-refractivity contribution in [3.8, 4) is 5.75 Å². The predicted molar refractivity (Wildman–Crippen MR) is 68.9 cm³/mol. The van der Waals surface area contributed by atoms with Crippen LogP contribution in [-0.4, -0.2) is 31.1 Å². The van der Waals surface area contributed by atoms with E-state index in [2.05, 4.69) is 18.7 Å². The molecule has 0 aliphatic rings. The van der Waals surface area contributed by atoms with Crippen LogP contribution in [0.5, 0.6) is 5.75 Å². The van der Waals surface area contributed by atoms with E-state index < -0.39 is 0 Å². The van der Waals surface area contributed by atoms with Crippen LogP contribution >= 0.6 is 0 Å². The Hall–Kier alpha value is -1.09. The number of nitrogens with zero attached hydrogens (tertiary/aromatic N) is 1. The summed E-state index contributed by atoms with van der Waals surface area (Å²) >= 11 is 0. The number of unbranched alkanes of at least 4 members (excludes halogenated alkanes) is 1. The maximum Gasteiger partial charge on any atom is 0.165 e. The lowest BCUT2D eigenvalue weighted by Gasteiger charge is -2.17. The quantitative estimate of drug-likeness (QED) is 0.645. The van der Waals surface area contributed by atoms with Gasteiger partial charge < -0.3 is 9.64 Å². The van der Waals surface area contributed by atoms with Crippen molar-refractivity contribution in [1.29, 1.82) is 0 Å². The molecule has 0 bridgehead atoms. The summed E-state index contributed by atoms with van der Waals surface area (Å²) in [5, 5.41) is 0. The van der Waals surface area contributed by atoms with Crippen molar-refractivity contribution in [3.05, 3.63) is 30.1 Å².